The van der Waals surface area contributed by atoms with E-state index in [4.69, 9.17) is 14.2 Å². The molecule has 0 atom stereocenters. The summed E-state index contributed by atoms with van der Waals surface area (Å²) in [6.45, 7) is 0.997. The van der Waals surface area contributed by atoms with E-state index in [1.54, 1.807) is 32.4 Å². The first-order chi connectivity index (χ1) is 10.7. The standard InChI is InChI=1S/C16H20N2O4/c1-20-8-4-7-18-16(19)13(11-17)9-12-10-14(21-2)5-6-15(12)22-3/h5-6,9-10H,4,7-8H2,1-3H3,(H,18,19)/b13-9+. The SMILES string of the molecule is COCCCNC(=O)/C(C#N)=C/c1cc(OC)ccc1OC. The number of hydrogen-bond acceptors (Lipinski definition) is 5. The topological polar surface area (TPSA) is 80.6 Å². The summed E-state index contributed by atoms with van der Waals surface area (Å²) in [6, 6.07) is 7.07. The van der Waals surface area contributed by atoms with Crippen molar-refractivity contribution >= 4 is 12.0 Å². The van der Waals surface area contributed by atoms with Crippen LogP contribution in [0.4, 0.5) is 0 Å². The largest absolute Gasteiger partial charge is 0.497 e. The van der Waals surface area contributed by atoms with Crippen LogP contribution in [0.5, 0.6) is 11.5 Å². The smallest absolute Gasteiger partial charge is 0.261 e. The lowest BCUT2D eigenvalue weighted by atomic mass is 10.1. The molecule has 1 amide bonds. The Labute approximate surface area is 130 Å². The normalized spacial score (nSPS) is 10.7. The number of ether oxygens (including phenoxy) is 3. The predicted molar refractivity (Wildman–Crippen MR) is 82.6 cm³/mol. The van der Waals surface area contributed by atoms with E-state index in [1.165, 1.54) is 13.2 Å². The molecule has 0 saturated heterocycles. The maximum atomic E-state index is 12.0. The number of rotatable bonds is 8. The number of methoxy groups -OCH3 is 3. The number of hydrogen-bond donors (Lipinski definition) is 1. The number of nitriles is 1. The third-order valence-electron chi connectivity index (χ3n) is 2.91. The first-order valence-electron chi connectivity index (χ1n) is 6.77. The van der Waals surface area contributed by atoms with Gasteiger partial charge in [-0.2, -0.15) is 5.26 Å². The van der Waals surface area contributed by atoms with Gasteiger partial charge < -0.3 is 19.5 Å². The Morgan fingerprint density at radius 3 is 2.68 bits per heavy atom. The van der Waals surface area contributed by atoms with Crippen LogP contribution in [-0.2, 0) is 9.53 Å². The molecule has 0 bridgehead atoms. The molecule has 22 heavy (non-hydrogen) atoms. The predicted octanol–water partition coefficient (Wildman–Crippen LogP) is 1.76. The highest BCUT2D eigenvalue weighted by Gasteiger charge is 2.11. The molecule has 1 aromatic carbocycles. The first-order valence-corrected chi connectivity index (χ1v) is 6.77. The zero-order valence-corrected chi connectivity index (χ0v) is 13.0. The molecule has 1 rings (SSSR count). The molecule has 0 aliphatic rings. The fraction of sp³-hybridized carbons (Fsp3) is 0.375. The van der Waals surface area contributed by atoms with E-state index in [0.29, 0.717) is 36.6 Å². The second kappa shape index (κ2) is 9.42. The lowest BCUT2D eigenvalue weighted by molar-refractivity contribution is -0.117. The molecule has 0 aliphatic heterocycles. The number of nitrogens with one attached hydrogen (secondary N) is 1. The van der Waals surface area contributed by atoms with Gasteiger partial charge in [0, 0.05) is 25.8 Å². The highest BCUT2D eigenvalue weighted by molar-refractivity contribution is 6.02. The Bertz CT molecular complexity index is 576. The molecule has 6 nitrogen and oxygen atoms in total. The Balaban J connectivity index is 2.92. The molecule has 0 aliphatic carbocycles. The van der Waals surface area contributed by atoms with Gasteiger partial charge in [0.1, 0.15) is 23.1 Å². The maximum Gasteiger partial charge on any atom is 0.261 e. The van der Waals surface area contributed by atoms with Crippen LogP contribution in [0.3, 0.4) is 0 Å². The minimum absolute atomic E-state index is 0.00368. The third-order valence-corrected chi connectivity index (χ3v) is 2.91. The number of carbonyl (C=O) groups excluding carboxylic acids is 1. The summed E-state index contributed by atoms with van der Waals surface area (Å²) < 4.78 is 15.3. The molecule has 0 radical (unpaired) electrons. The summed E-state index contributed by atoms with van der Waals surface area (Å²) in [5.41, 5.74) is 0.606. The number of nitrogens with zero attached hydrogens (tertiary/aromatic N) is 1. The molecular formula is C16H20N2O4. The zero-order valence-electron chi connectivity index (χ0n) is 13.0. The summed E-state index contributed by atoms with van der Waals surface area (Å²) in [4.78, 5) is 12.0. The molecule has 1 aromatic rings. The maximum absolute atomic E-state index is 12.0. The molecule has 0 saturated carbocycles. The third kappa shape index (κ3) is 5.11. The van der Waals surface area contributed by atoms with Crippen LogP contribution in [0, 0.1) is 11.3 Å². The summed E-state index contributed by atoms with van der Waals surface area (Å²) in [5.74, 6) is 0.744. The fourth-order valence-corrected chi connectivity index (χ4v) is 1.77. The number of carbonyl (C=O) groups is 1. The van der Waals surface area contributed by atoms with E-state index < -0.39 is 5.91 Å². The van der Waals surface area contributed by atoms with Crippen molar-refractivity contribution in [3.05, 3.63) is 29.3 Å². The Morgan fingerprint density at radius 2 is 2.09 bits per heavy atom. The van der Waals surface area contributed by atoms with Gasteiger partial charge in [-0.3, -0.25) is 4.79 Å². The van der Waals surface area contributed by atoms with Crippen molar-refractivity contribution < 1.29 is 19.0 Å². The Kier molecular flexibility index (Phi) is 7.51. The van der Waals surface area contributed by atoms with Gasteiger partial charge in [-0.1, -0.05) is 0 Å². The van der Waals surface area contributed by atoms with Crippen LogP contribution in [-0.4, -0.2) is 40.4 Å². The molecule has 0 heterocycles. The van der Waals surface area contributed by atoms with Crippen LogP contribution in [0.1, 0.15) is 12.0 Å². The van der Waals surface area contributed by atoms with E-state index in [0.717, 1.165) is 0 Å². The van der Waals surface area contributed by atoms with Crippen molar-refractivity contribution in [1.29, 1.82) is 5.26 Å². The molecule has 6 heteroatoms. The van der Waals surface area contributed by atoms with Gasteiger partial charge in [0.25, 0.3) is 5.91 Å². The summed E-state index contributed by atoms with van der Waals surface area (Å²) in [6.07, 6.45) is 2.16. The van der Waals surface area contributed by atoms with Crippen LogP contribution in [0.15, 0.2) is 23.8 Å². The van der Waals surface area contributed by atoms with Crippen molar-refractivity contribution in [3.63, 3.8) is 0 Å². The average molecular weight is 304 g/mol. The van der Waals surface area contributed by atoms with E-state index in [-0.39, 0.29) is 5.57 Å². The number of benzene rings is 1. The van der Waals surface area contributed by atoms with Crippen molar-refractivity contribution in [1.82, 2.24) is 5.32 Å². The second-order valence-corrected chi connectivity index (χ2v) is 4.38. The van der Waals surface area contributed by atoms with Crippen molar-refractivity contribution in [2.75, 3.05) is 34.5 Å². The lowest BCUT2D eigenvalue weighted by Crippen LogP contribution is -2.26. The van der Waals surface area contributed by atoms with Crippen LogP contribution in [0.2, 0.25) is 0 Å². The highest BCUT2D eigenvalue weighted by Crippen LogP contribution is 2.26. The van der Waals surface area contributed by atoms with Gasteiger partial charge in [0.2, 0.25) is 0 Å². The van der Waals surface area contributed by atoms with Crippen molar-refractivity contribution in [2.45, 2.75) is 6.42 Å². The van der Waals surface area contributed by atoms with Crippen molar-refractivity contribution in [2.24, 2.45) is 0 Å². The molecule has 0 aromatic heterocycles. The van der Waals surface area contributed by atoms with Crippen LogP contribution < -0.4 is 14.8 Å². The van der Waals surface area contributed by atoms with Crippen LogP contribution >= 0.6 is 0 Å². The van der Waals surface area contributed by atoms with E-state index in [9.17, 15) is 10.1 Å². The molecule has 0 unspecified atom stereocenters. The zero-order chi connectivity index (χ0) is 16.4. The quantitative estimate of drug-likeness (QED) is 0.450. The van der Waals surface area contributed by atoms with Crippen molar-refractivity contribution in [3.8, 4) is 17.6 Å². The minimum Gasteiger partial charge on any atom is -0.497 e. The highest BCUT2D eigenvalue weighted by atomic mass is 16.5. The fourth-order valence-electron chi connectivity index (χ4n) is 1.77. The van der Waals surface area contributed by atoms with Gasteiger partial charge in [-0.05, 0) is 30.7 Å². The van der Waals surface area contributed by atoms with Crippen LogP contribution in [0.25, 0.3) is 6.08 Å². The average Bonchev–Trinajstić information content (AvgIpc) is 2.56. The van der Waals surface area contributed by atoms with E-state index in [2.05, 4.69) is 5.32 Å². The van der Waals surface area contributed by atoms with E-state index >= 15 is 0 Å². The number of amides is 1. The Hall–Kier alpha value is -2.52. The van der Waals surface area contributed by atoms with Gasteiger partial charge in [0.15, 0.2) is 0 Å². The lowest BCUT2D eigenvalue weighted by Gasteiger charge is -2.08. The van der Waals surface area contributed by atoms with Gasteiger partial charge in [-0.25, -0.2) is 0 Å². The Morgan fingerprint density at radius 1 is 1.32 bits per heavy atom. The van der Waals surface area contributed by atoms with Gasteiger partial charge >= 0.3 is 0 Å². The summed E-state index contributed by atoms with van der Waals surface area (Å²) in [5, 5.41) is 11.8. The minimum atomic E-state index is -0.427. The molecule has 118 valence electrons. The monoisotopic (exact) mass is 304 g/mol. The van der Waals surface area contributed by atoms with E-state index in [1.807, 2.05) is 6.07 Å². The second-order valence-electron chi connectivity index (χ2n) is 4.38. The molecular weight excluding hydrogens is 284 g/mol. The van der Waals surface area contributed by atoms with Gasteiger partial charge in [0.05, 0.1) is 14.2 Å². The van der Waals surface area contributed by atoms with Gasteiger partial charge in [-0.15, -0.1) is 0 Å². The first kappa shape index (κ1) is 17.5. The molecule has 1 N–H and O–H groups in total. The molecule has 0 fully saturated rings. The summed E-state index contributed by atoms with van der Waals surface area (Å²) >= 11 is 0. The summed E-state index contributed by atoms with van der Waals surface area (Å²) in [7, 11) is 4.66. The molecule has 0 spiro atoms.